The van der Waals surface area contributed by atoms with Crippen LogP contribution in [0.1, 0.15) is 19.0 Å². The number of halogens is 3. The van der Waals surface area contributed by atoms with E-state index < -0.39 is 41.5 Å². The van der Waals surface area contributed by atoms with E-state index in [1.807, 2.05) is 0 Å². The van der Waals surface area contributed by atoms with E-state index in [1.165, 1.54) is 4.90 Å². The summed E-state index contributed by atoms with van der Waals surface area (Å²) in [7, 11) is 0. The summed E-state index contributed by atoms with van der Waals surface area (Å²) < 4.78 is 40.2. The maximum atomic E-state index is 13.8. The molecule has 0 fully saturated rings. The quantitative estimate of drug-likeness (QED) is 0.562. The summed E-state index contributed by atoms with van der Waals surface area (Å²) in [6.07, 6.45) is 0.364. The molecule has 0 aliphatic carbocycles. The number of benzene rings is 2. The zero-order valence-corrected chi connectivity index (χ0v) is 16.5. The molecular weight excluding hydrogens is 413 g/mol. The molecule has 2 amide bonds. The number of hydrogen-bond donors (Lipinski definition) is 2. The number of nitrogens with one attached hydrogen (secondary N) is 2. The van der Waals surface area contributed by atoms with Gasteiger partial charge in [-0.25, -0.2) is 18.3 Å². The van der Waals surface area contributed by atoms with Crippen LogP contribution in [0.3, 0.4) is 0 Å². The molecule has 0 saturated carbocycles. The third-order valence-electron chi connectivity index (χ3n) is 4.58. The average Bonchev–Trinajstić information content (AvgIpc) is 2.76. The SMILES string of the molecule is CCCN(CC(=O)Nc1ccc(F)c(F)c1F)C(=O)Cc1n[nH]c(=O)c2ccccc12. The summed E-state index contributed by atoms with van der Waals surface area (Å²) >= 11 is 0. The van der Waals surface area contributed by atoms with Gasteiger partial charge in [0.2, 0.25) is 11.8 Å². The van der Waals surface area contributed by atoms with E-state index in [1.54, 1.807) is 31.2 Å². The lowest BCUT2D eigenvalue weighted by molar-refractivity contribution is -0.134. The van der Waals surface area contributed by atoms with E-state index in [-0.39, 0.29) is 18.5 Å². The van der Waals surface area contributed by atoms with Gasteiger partial charge in [0.15, 0.2) is 17.5 Å². The summed E-state index contributed by atoms with van der Waals surface area (Å²) in [5.41, 5.74) is -0.570. The molecule has 162 valence electrons. The Balaban J connectivity index is 1.76. The molecule has 0 saturated heterocycles. The lowest BCUT2D eigenvalue weighted by atomic mass is 10.1. The molecule has 0 aliphatic rings. The first-order chi connectivity index (χ1) is 14.8. The summed E-state index contributed by atoms with van der Waals surface area (Å²) in [5, 5.41) is 9.34. The molecule has 3 rings (SSSR count). The van der Waals surface area contributed by atoms with Gasteiger partial charge in [0, 0.05) is 11.9 Å². The fraction of sp³-hybridized carbons (Fsp3) is 0.238. The minimum absolute atomic E-state index is 0.176. The number of H-pyrrole nitrogens is 1. The van der Waals surface area contributed by atoms with Crippen LogP contribution >= 0.6 is 0 Å². The largest absolute Gasteiger partial charge is 0.333 e. The Labute approximate surface area is 174 Å². The number of carbonyl (C=O) groups is 2. The molecule has 0 radical (unpaired) electrons. The highest BCUT2D eigenvalue weighted by Gasteiger charge is 2.21. The van der Waals surface area contributed by atoms with Gasteiger partial charge in [0.25, 0.3) is 5.56 Å². The number of anilines is 1. The molecule has 0 atom stereocenters. The molecule has 2 aromatic carbocycles. The third kappa shape index (κ3) is 4.90. The molecule has 0 unspecified atom stereocenters. The van der Waals surface area contributed by atoms with Crippen LogP contribution in [-0.2, 0) is 16.0 Å². The monoisotopic (exact) mass is 432 g/mol. The van der Waals surface area contributed by atoms with Crippen molar-refractivity contribution in [1.82, 2.24) is 15.1 Å². The highest BCUT2D eigenvalue weighted by atomic mass is 19.2. The molecule has 1 aromatic heterocycles. The first-order valence-electron chi connectivity index (χ1n) is 9.49. The molecule has 0 aliphatic heterocycles. The van der Waals surface area contributed by atoms with Gasteiger partial charge in [-0.3, -0.25) is 14.4 Å². The van der Waals surface area contributed by atoms with E-state index >= 15 is 0 Å². The molecule has 31 heavy (non-hydrogen) atoms. The molecule has 0 bridgehead atoms. The topological polar surface area (TPSA) is 95.2 Å². The minimum atomic E-state index is -1.70. The normalized spacial score (nSPS) is 10.8. The van der Waals surface area contributed by atoms with Gasteiger partial charge >= 0.3 is 0 Å². The third-order valence-corrected chi connectivity index (χ3v) is 4.58. The lowest BCUT2D eigenvalue weighted by Crippen LogP contribution is -2.39. The number of hydrogen-bond acceptors (Lipinski definition) is 4. The Bertz CT molecular complexity index is 1200. The number of nitrogens with zero attached hydrogens (tertiary/aromatic N) is 2. The van der Waals surface area contributed by atoms with Crippen molar-refractivity contribution in [1.29, 1.82) is 0 Å². The van der Waals surface area contributed by atoms with Crippen molar-refractivity contribution in [3.63, 3.8) is 0 Å². The van der Waals surface area contributed by atoms with Gasteiger partial charge < -0.3 is 10.2 Å². The van der Waals surface area contributed by atoms with Gasteiger partial charge in [0.1, 0.15) is 0 Å². The van der Waals surface area contributed by atoms with Crippen molar-refractivity contribution >= 4 is 28.3 Å². The van der Waals surface area contributed by atoms with Crippen LogP contribution in [0.4, 0.5) is 18.9 Å². The molecule has 3 aromatic rings. The van der Waals surface area contributed by atoms with E-state index in [9.17, 15) is 27.6 Å². The van der Waals surface area contributed by atoms with Crippen molar-refractivity contribution in [3.8, 4) is 0 Å². The van der Waals surface area contributed by atoms with Crippen molar-refractivity contribution in [2.75, 3.05) is 18.4 Å². The molecule has 0 spiro atoms. The van der Waals surface area contributed by atoms with Gasteiger partial charge in [-0.1, -0.05) is 25.1 Å². The predicted molar refractivity (Wildman–Crippen MR) is 108 cm³/mol. The molecule has 7 nitrogen and oxygen atoms in total. The summed E-state index contributed by atoms with van der Waals surface area (Å²) in [6.45, 7) is 1.61. The molecular formula is C21H19F3N4O3. The Morgan fingerprint density at radius 2 is 1.77 bits per heavy atom. The summed E-state index contributed by atoms with van der Waals surface area (Å²) in [4.78, 5) is 38.3. The van der Waals surface area contributed by atoms with Crippen LogP contribution in [0.5, 0.6) is 0 Å². The Morgan fingerprint density at radius 1 is 1.06 bits per heavy atom. The zero-order chi connectivity index (χ0) is 22.5. The molecule has 2 N–H and O–H groups in total. The van der Waals surface area contributed by atoms with Crippen LogP contribution in [0.2, 0.25) is 0 Å². The maximum absolute atomic E-state index is 13.8. The standard InChI is InChI=1S/C21H19F3N4O3/c1-2-9-28(11-17(29)25-15-8-7-14(22)19(23)20(15)24)18(30)10-16-12-5-3-4-6-13(12)21(31)27-26-16/h3-8H,2,9-11H2,1H3,(H,25,29)(H,27,31). The number of amides is 2. The average molecular weight is 432 g/mol. The number of rotatable bonds is 7. The van der Waals surface area contributed by atoms with E-state index in [2.05, 4.69) is 15.5 Å². The summed E-state index contributed by atoms with van der Waals surface area (Å²) in [5.74, 6) is -5.81. The predicted octanol–water partition coefficient (Wildman–Crippen LogP) is 2.76. The van der Waals surface area contributed by atoms with Crippen LogP contribution in [-0.4, -0.2) is 40.0 Å². The number of fused-ring (bicyclic) bond motifs is 1. The zero-order valence-electron chi connectivity index (χ0n) is 16.5. The second kappa shape index (κ2) is 9.41. The highest BCUT2D eigenvalue weighted by Crippen LogP contribution is 2.20. The summed E-state index contributed by atoms with van der Waals surface area (Å²) in [6, 6.07) is 8.27. The van der Waals surface area contributed by atoms with Crippen LogP contribution < -0.4 is 10.9 Å². The molecule has 1 heterocycles. The first kappa shape index (κ1) is 22.0. The second-order valence-corrected chi connectivity index (χ2v) is 6.81. The number of aromatic amines is 1. The van der Waals surface area contributed by atoms with Crippen molar-refractivity contribution in [2.45, 2.75) is 19.8 Å². The van der Waals surface area contributed by atoms with Gasteiger partial charge in [-0.15, -0.1) is 0 Å². The van der Waals surface area contributed by atoms with Gasteiger partial charge in [0.05, 0.1) is 29.7 Å². The van der Waals surface area contributed by atoms with E-state index in [0.29, 0.717) is 29.0 Å². The smallest absolute Gasteiger partial charge is 0.272 e. The fourth-order valence-electron chi connectivity index (χ4n) is 3.11. The second-order valence-electron chi connectivity index (χ2n) is 6.81. The molecule has 10 heteroatoms. The van der Waals surface area contributed by atoms with Gasteiger partial charge in [-0.2, -0.15) is 5.10 Å². The Kier molecular flexibility index (Phi) is 6.68. The number of carbonyl (C=O) groups excluding carboxylic acids is 2. The maximum Gasteiger partial charge on any atom is 0.272 e. The Hall–Kier alpha value is -3.69. The van der Waals surface area contributed by atoms with Gasteiger partial charge in [-0.05, 0) is 24.6 Å². The van der Waals surface area contributed by atoms with E-state index in [4.69, 9.17) is 0 Å². The van der Waals surface area contributed by atoms with Crippen molar-refractivity contribution in [3.05, 3.63) is 69.9 Å². The van der Waals surface area contributed by atoms with Crippen LogP contribution in [0.25, 0.3) is 10.8 Å². The Morgan fingerprint density at radius 3 is 2.48 bits per heavy atom. The first-order valence-corrected chi connectivity index (χ1v) is 9.49. The fourth-order valence-corrected chi connectivity index (χ4v) is 3.11. The van der Waals surface area contributed by atoms with Crippen LogP contribution in [0, 0.1) is 17.5 Å². The lowest BCUT2D eigenvalue weighted by Gasteiger charge is -2.22. The van der Waals surface area contributed by atoms with Crippen LogP contribution in [0.15, 0.2) is 41.2 Å². The minimum Gasteiger partial charge on any atom is -0.333 e. The highest BCUT2D eigenvalue weighted by molar-refractivity contribution is 5.95. The van der Waals surface area contributed by atoms with E-state index in [0.717, 1.165) is 6.07 Å². The van der Waals surface area contributed by atoms with Crippen molar-refractivity contribution < 1.29 is 22.8 Å². The van der Waals surface area contributed by atoms with Crippen molar-refractivity contribution in [2.24, 2.45) is 0 Å². The number of aromatic nitrogens is 2.